The molecule has 6 nitrogen and oxygen atoms in total. The fourth-order valence-electron chi connectivity index (χ4n) is 1.63. The molecule has 1 fully saturated rings. The van der Waals surface area contributed by atoms with Crippen molar-refractivity contribution in [2.75, 3.05) is 25.0 Å². The third-order valence-corrected chi connectivity index (χ3v) is 2.96. The molecule has 0 aromatic heterocycles. The van der Waals surface area contributed by atoms with Crippen molar-refractivity contribution in [1.29, 1.82) is 0 Å². The number of ether oxygens (including phenoxy) is 1. The zero-order valence-corrected chi connectivity index (χ0v) is 12.4. The summed E-state index contributed by atoms with van der Waals surface area (Å²) in [5.41, 5.74) is 5.76. The zero-order valence-electron chi connectivity index (χ0n) is 11.6. The number of nitrogens with one attached hydrogen (secondary N) is 2. The molecule has 2 rings (SSSR count). The number of nitrogens with two attached hydrogens (primary N) is 1. The minimum atomic E-state index is -0.363. The highest BCUT2D eigenvalue weighted by molar-refractivity contribution is 5.95. The number of hydrogen-bond donors (Lipinski definition) is 3. The van der Waals surface area contributed by atoms with Gasteiger partial charge in [0.2, 0.25) is 11.8 Å². The van der Waals surface area contributed by atoms with Crippen LogP contribution in [0.25, 0.3) is 0 Å². The normalized spacial score (nSPS) is 13.0. The fourth-order valence-corrected chi connectivity index (χ4v) is 1.63. The maximum atomic E-state index is 11.7. The third-order valence-electron chi connectivity index (χ3n) is 2.96. The summed E-state index contributed by atoms with van der Waals surface area (Å²) in [5, 5.41) is 5.13. The molecule has 4 N–H and O–H groups in total. The lowest BCUT2D eigenvalue weighted by Crippen LogP contribution is -2.36. The molecule has 116 valence electrons. The van der Waals surface area contributed by atoms with Gasteiger partial charge in [-0.3, -0.25) is 9.59 Å². The van der Waals surface area contributed by atoms with Crippen molar-refractivity contribution >= 4 is 29.9 Å². The van der Waals surface area contributed by atoms with Crippen LogP contribution in [0.3, 0.4) is 0 Å². The van der Waals surface area contributed by atoms with Crippen molar-refractivity contribution in [3.63, 3.8) is 0 Å². The zero-order chi connectivity index (χ0) is 14.4. The Balaban J connectivity index is 0.00000220. The van der Waals surface area contributed by atoms with E-state index in [0.717, 1.165) is 0 Å². The van der Waals surface area contributed by atoms with Gasteiger partial charge in [0.05, 0.1) is 25.4 Å². The van der Waals surface area contributed by atoms with Crippen molar-refractivity contribution in [3.05, 3.63) is 24.3 Å². The van der Waals surface area contributed by atoms with E-state index in [2.05, 4.69) is 10.6 Å². The van der Waals surface area contributed by atoms with Crippen molar-refractivity contribution in [2.24, 2.45) is 11.7 Å². The molecule has 0 unspecified atom stereocenters. The summed E-state index contributed by atoms with van der Waals surface area (Å²) in [6, 6.07) is 7.26. The molecular formula is C14H20ClN3O3. The van der Waals surface area contributed by atoms with Gasteiger partial charge in [-0.15, -0.1) is 12.4 Å². The monoisotopic (exact) mass is 313 g/mol. The average molecular weight is 314 g/mol. The van der Waals surface area contributed by atoms with Crippen LogP contribution in [-0.4, -0.2) is 31.5 Å². The first-order valence-electron chi connectivity index (χ1n) is 6.67. The molecule has 0 bridgehead atoms. The van der Waals surface area contributed by atoms with Crippen LogP contribution >= 0.6 is 12.4 Å². The number of halogens is 1. The molecule has 0 radical (unpaired) electrons. The molecule has 0 heterocycles. The highest BCUT2D eigenvalue weighted by atomic mass is 35.5. The maximum absolute atomic E-state index is 11.7. The number of carbonyl (C=O) groups is 2. The molecule has 7 heteroatoms. The summed E-state index contributed by atoms with van der Waals surface area (Å²) in [4.78, 5) is 22.7. The van der Waals surface area contributed by atoms with Gasteiger partial charge in [-0.2, -0.15) is 0 Å². The number of para-hydroxylation sites is 2. The van der Waals surface area contributed by atoms with Gasteiger partial charge in [-0.25, -0.2) is 0 Å². The van der Waals surface area contributed by atoms with E-state index in [4.69, 9.17) is 10.5 Å². The second-order valence-electron chi connectivity index (χ2n) is 4.78. The largest absolute Gasteiger partial charge is 0.491 e. The molecule has 1 aromatic rings. The molecule has 21 heavy (non-hydrogen) atoms. The standard InChI is InChI=1S/C14H19N3O3.ClH/c15-7-13(18)16-8-14(19)17-11-3-1-2-4-12(11)20-9-10-5-6-10;/h1-4,10H,5-9,15H2,(H,16,18)(H,17,19);1H. The van der Waals surface area contributed by atoms with E-state index >= 15 is 0 Å². The predicted molar refractivity (Wildman–Crippen MR) is 82.6 cm³/mol. The number of amides is 2. The second-order valence-corrected chi connectivity index (χ2v) is 4.78. The fraction of sp³-hybridized carbons (Fsp3) is 0.429. The second kappa shape index (κ2) is 8.49. The highest BCUT2D eigenvalue weighted by Crippen LogP contribution is 2.31. The van der Waals surface area contributed by atoms with Gasteiger partial charge < -0.3 is 21.1 Å². The molecule has 0 atom stereocenters. The quantitative estimate of drug-likeness (QED) is 0.697. The topological polar surface area (TPSA) is 93.5 Å². The Morgan fingerprint density at radius 1 is 1.24 bits per heavy atom. The van der Waals surface area contributed by atoms with E-state index in [9.17, 15) is 9.59 Å². The van der Waals surface area contributed by atoms with Crippen molar-refractivity contribution < 1.29 is 14.3 Å². The summed E-state index contributed by atoms with van der Waals surface area (Å²) in [6.45, 7) is 0.443. The molecular weight excluding hydrogens is 294 g/mol. The number of rotatable bonds is 7. The Bertz CT molecular complexity index is 492. The van der Waals surface area contributed by atoms with Gasteiger partial charge in [0, 0.05) is 0 Å². The predicted octanol–water partition coefficient (Wildman–Crippen LogP) is 0.911. The summed E-state index contributed by atoms with van der Waals surface area (Å²) in [5.74, 6) is 0.619. The van der Waals surface area contributed by atoms with E-state index in [0.29, 0.717) is 24.0 Å². The van der Waals surface area contributed by atoms with Crippen molar-refractivity contribution in [3.8, 4) is 5.75 Å². The average Bonchev–Trinajstić information content (AvgIpc) is 3.28. The SMILES string of the molecule is Cl.NCC(=O)NCC(=O)Nc1ccccc1OCC1CC1. The molecule has 1 aliphatic rings. The van der Waals surface area contributed by atoms with Crippen LogP contribution < -0.4 is 21.1 Å². The van der Waals surface area contributed by atoms with Gasteiger partial charge >= 0.3 is 0 Å². The van der Waals surface area contributed by atoms with Crippen LogP contribution in [0, 0.1) is 5.92 Å². The summed E-state index contributed by atoms with van der Waals surface area (Å²) in [7, 11) is 0. The van der Waals surface area contributed by atoms with Gasteiger partial charge in [0.1, 0.15) is 5.75 Å². The first-order valence-corrected chi connectivity index (χ1v) is 6.67. The van der Waals surface area contributed by atoms with E-state index in [1.165, 1.54) is 12.8 Å². The van der Waals surface area contributed by atoms with E-state index < -0.39 is 0 Å². The van der Waals surface area contributed by atoms with Gasteiger partial charge in [0.25, 0.3) is 0 Å². The Morgan fingerprint density at radius 3 is 2.62 bits per heavy atom. The van der Waals surface area contributed by atoms with E-state index in [1.54, 1.807) is 6.07 Å². The number of hydrogen-bond acceptors (Lipinski definition) is 4. The van der Waals surface area contributed by atoms with Crippen LogP contribution in [-0.2, 0) is 9.59 Å². The minimum absolute atomic E-state index is 0. The Kier molecular flexibility index (Phi) is 6.98. The van der Waals surface area contributed by atoms with Crippen molar-refractivity contribution in [2.45, 2.75) is 12.8 Å². The van der Waals surface area contributed by atoms with Crippen LogP contribution in [0.1, 0.15) is 12.8 Å². The highest BCUT2D eigenvalue weighted by Gasteiger charge is 2.22. The number of anilines is 1. The number of benzene rings is 1. The van der Waals surface area contributed by atoms with Crippen LogP contribution in [0.2, 0.25) is 0 Å². The molecule has 0 saturated heterocycles. The maximum Gasteiger partial charge on any atom is 0.243 e. The smallest absolute Gasteiger partial charge is 0.243 e. The van der Waals surface area contributed by atoms with Gasteiger partial charge in [0.15, 0.2) is 0 Å². The van der Waals surface area contributed by atoms with Crippen molar-refractivity contribution in [1.82, 2.24) is 5.32 Å². The lowest BCUT2D eigenvalue weighted by Gasteiger charge is -2.12. The van der Waals surface area contributed by atoms with Crippen LogP contribution in [0.5, 0.6) is 5.75 Å². The van der Waals surface area contributed by atoms with Gasteiger partial charge in [-0.1, -0.05) is 12.1 Å². The molecule has 1 aliphatic carbocycles. The van der Waals surface area contributed by atoms with Crippen LogP contribution in [0.15, 0.2) is 24.3 Å². The number of carbonyl (C=O) groups excluding carboxylic acids is 2. The molecule has 0 spiro atoms. The van der Waals surface area contributed by atoms with Crippen LogP contribution in [0.4, 0.5) is 5.69 Å². The van der Waals surface area contributed by atoms with E-state index in [1.807, 2.05) is 18.2 Å². The summed E-state index contributed by atoms with van der Waals surface area (Å²) in [6.07, 6.45) is 2.42. The van der Waals surface area contributed by atoms with Gasteiger partial charge in [-0.05, 0) is 30.9 Å². The molecule has 1 saturated carbocycles. The molecule has 1 aromatic carbocycles. The summed E-state index contributed by atoms with van der Waals surface area (Å²) >= 11 is 0. The Morgan fingerprint density at radius 2 is 1.95 bits per heavy atom. The third kappa shape index (κ3) is 6.01. The first kappa shape index (κ1) is 17.3. The minimum Gasteiger partial charge on any atom is -0.491 e. The lowest BCUT2D eigenvalue weighted by atomic mass is 10.3. The Labute approximate surface area is 129 Å². The van der Waals surface area contributed by atoms with E-state index in [-0.39, 0.29) is 37.3 Å². The first-order chi connectivity index (χ1) is 9.69. The summed E-state index contributed by atoms with van der Waals surface area (Å²) < 4.78 is 5.69. The lowest BCUT2D eigenvalue weighted by molar-refractivity contribution is -0.123. The molecule has 0 aliphatic heterocycles. The molecule has 2 amide bonds. The Hall–Kier alpha value is -1.79.